The predicted molar refractivity (Wildman–Crippen MR) is 62.0 cm³/mol. The molecule has 78 valence electrons. The van der Waals surface area contributed by atoms with Gasteiger partial charge in [-0.1, -0.05) is 6.42 Å². The van der Waals surface area contributed by atoms with Gasteiger partial charge in [-0.15, -0.1) is 11.3 Å². The molecule has 0 bridgehead atoms. The van der Waals surface area contributed by atoms with E-state index >= 15 is 0 Å². The zero-order chi connectivity index (χ0) is 9.80. The fourth-order valence-corrected chi connectivity index (χ4v) is 3.86. The van der Waals surface area contributed by atoms with Crippen LogP contribution in [0.25, 0.3) is 0 Å². The van der Waals surface area contributed by atoms with Gasteiger partial charge in [-0.3, -0.25) is 0 Å². The molecule has 1 aromatic heterocycles. The summed E-state index contributed by atoms with van der Waals surface area (Å²) in [5.74, 6) is 1.28. The predicted octanol–water partition coefficient (Wildman–Crippen LogP) is 2.64. The van der Waals surface area contributed by atoms with Gasteiger partial charge in [0.15, 0.2) is 0 Å². The van der Waals surface area contributed by atoms with Crippen molar-refractivity contribution in [3.8, 4) is 0 Å². The van der Waals surface area contributed by atoms with Crippen LogP contribution in [-0.2, 0) is 6.42 Å². The van der Waals surface area contributed by atoms with Crippen LogP contribution in [-0.4, -0.2) is 22.5 Å². The third-order valence-corrected chi connectivity index (χ3v) is 4.74. The maximum Gasteiger partial charge on any atom is 0.0951 e. The van der Waals surface area contributed by atoms with Crippen molar-refractivity contribution in [3.63, 3.8) is 0 Å². The second-order valence-corrected chi connectivity index (χ2v) is 5.75. The Labute approximate surface area is 92.8 Å². The summed E-state index contributed by atoms with van der Waals surface area (Å²) in [6.07, 6.45) is 4.67. The number of aromatic nitrogens is 1. The summed E-state index contributed by atoms with van der Waals surface area (Å²) in [4.78, 5) is 4.56. The molecule has 4 heteroatoms. The first kappa shape index (κ1) is 10.5. The molecule has 1 aliphatic heterocycles. The highest BCUT2D eigenvalue weighted by atomic mass is 32.2. The summed E-state index contributed by atoms with van der Waals surface area (Å²) in [7, 11) is 0. The molecule has 1 unspecified atom stereocenters. The lowest BCUT2D eigenvalue weighted by molar-refractivity contribution is 0.299. The number of thiazole rings is 1. The Balaban J connectivity index is 2.00. The average Bonchev–Trinajstić information content (AvgIpc) is 2.68. The van der Waals surface area contributed by atoms with Crippen molar-refractivity contribution in [2.45, 2.75) is 30.9 Å². The second-order valence-electron chi connectivity index (χ2n) is 3.49. The molecule has 0 saturated carbocycles. The fraction of sp³-hybridized carbons (Fsp3) is 0.700. The van der Waals surface area contributed by atoms with E-state index in [1.54, 1.807) is 11.3 Å². The SMILES string of the molecule is OCCc1nc(C2CCCCS2)cs1. The number of hydrogen-bond acceptors (Lipinski definition) is 4. The summed E-state index contributed by atoms with van der Waals surface area (Å²) in [5, 5.41) is 12.7. The van der Waals surface area contributed by atoms with E-state index in [2.05, 4.69) is 10.4 Å². The van der Waals surface area contributed by atoms with Gasteiger partial charge in [0, 0.05) is 23.7 Å². The summed E-state index contributed by atoms with van der Waals surface area (Å²) >= 11 is 3.71. The van der Waals surface area contributed by atoms with Crippen LogP contribution in [0.5, 0.6) is 0 Å². The van der Waals surface area contributed by atoms with Crippen LogP contribution in [0.15, 0.2) is 5.38 Å². The minimum absolute atomic E-state index is 0.213. The third-order valence-electron chi connectivity index (χ3n) is 2.40. The first-order chi connectivity index (χ1) is 6.90. The standard InChI is InChI=1S/C10H15NOS2/c12-5-4-10-11-8(7-14-10)9-3-1-2-6-13-9/h7,9,12H,1-6H2. The van der Waals surface area contributed by atoms with E-state index < -0.39 is 0 Å². The van der Waals surface area contributed by atoms with Crippen molar-refractivity contribution in [1.29, 1.82) is 0 Å². The van der Waals surface area contributed by atoms with Crippen molar-refractivity contribution in [3.05, 3.63) is 16.1 Å². The molecular formula is C10H15NOS2. The van der Waals surface area contributed by atoms with E-state index in [1.807, 2.05) is 11.8 Å². The number of thioether (sulfide) groups is 1. The molecule has 0 radical (unpaired) electrons. The average molecular weight is 229 g/mol. The summed E-state index contributed by atoms with van der Waals surface area (Å²) < 4.78 is 0. The summed E-state index contributed by atoms with van der Waals surface area (Å²) in [6.45, 7) is 0.213. The van der Waals surface area contributed by atoms with Crippen molar-refractivity contribution in [2.75, 3.05) is 12.4 Å². The molecule has 1 saturated heterocycles. The molecule has 1 aromatic rings. The maximum absolute atomic E-state index is 8.80. The highest BCUT2D eigenvalue weighted by molar-refractivity contribution is 7.99. The molecule has 14 heavy (non-hydrogen) atoms. The highest BCUT2D eigenvalue weighted by Crippen LogP contribution is 2.38. The number of aliphatic hydroxyl groups excluding tert-OH is 1. The van der Waals surface area contributed by atoms with E-state index in [9.17, 15) is 0 Å². The molecule has 2 nitrogen and oxygen atoms in total. The van der Waals surface area contributed by atoms with Crippen LogP contribution in [0.2, 0.25) is 0 Å². The molecule has 1 N–H and O–H groups in total. The van der Waals surface area contributed by atoms with Crippen LogP contribution < -0.4 is 0 Å². The van der Waals surface area contributed by atoms with Crippen LogP contribution in [0, 0.1) is 0 Å². The van der Waals surface area contributed by atoms with E-state index in [1.165, 1.54) is 30.7 Å². The smallest absolute Gasteiger partial charge is 0.0951 e. The normalized spacial score (nSPS) is 22.5. The van der Waals surface area contributed by atoms with E-state index in [0.29, 0.717) is 11.7 Å². The number of aliphatic hydroxyl groups is 1. The van der Waals surface area contributed by atoms with Crippen LogP contribution >= 0.6 is 23.1 Å². The zero-order valence-electron chi connectivity index (χ0n) is 8.11. The van der Waals surface area contributed by atoms with Crippen molar-refractivity contribution in [1.82, 2.24) is 4.98 Å². The topological polar surface area (TPSA) is 33.1 Å². The van der Waals surface area contributed by atoms with Gasteiger partial charge in [-0.25, -0.2) is 4.98 Å². The van der Waals surface area contributed by atoms with Gasteiger partial charge in [0.1, 0.15) is 0 Å². The molecule has 0 amide bonds. The first-order valence-corrected chi connectivity index (χ1v) is 7.00. The Morgan fingerprint density at radius 2 is 2.43 bits per heavy atom. The molecule has 0 aliphatic carbocycles. The number of rotatable bonds is 3. The minimum Gasteiger partial charge on any atom is -0.396 e. The fourth-order valence-electron chi connectivity index (χ4n) is 1.66. The van der Waals surface area contributed by atoms with Crippen LogP contribution in [0.4, 0.5) is 0 Å². The van der Waals surface area contributed by atoms with Gasteiger partial charge in [-0.05, 0) is 18.6 Å². The number of nitrogens with zero attached hydrogens (tertiary/aromatic N) is 1. The number of hydrogen-bond donors (Lipinski definition) is 1. The van der Waals surface area contributed by atoms with Crippen molar-refractivity contribution < 1.29 is 5.11 Å². The van der Waals surface area contributed by atoms with Gasteiger partial charge in [-0.2, -0.15) is 11.8 Å². The molecule has 1 aliphatic rings. The molecule has 0 aromatic carbocycles. The molecule has 2 rings (SSSR count). The van der Waals surface area contributed by atoms with Crippen molar-refractivity contribution in [2.24, 2.45) is 0 Å². The first-order valence-electron chi connectivity index (χ1n) is 5.07. The second kappa shape index (κ2) is 5.14. The molecule has 1 fully saturated rings. The van der Waals surface area contributed by atoms with E-state index in [0.717, 1.165) is 5.01 Å². The Kier molecular flexibility index (Phi) is 3.84. The summed E-state index contributed by atoms with van der Waals surface area (Å²) in [5.41, 5.74) is 1.24. The zero-order valence-corrected chi connectivity index (χ0v) is 9.74. The van der Waals surface area contributed by atoms with Crippen LogP contribution in [0.1, 0.15) is 35.2 Å². The lowest BCUT2D eigenvalue weighted by Gasteiger charge is -2.18. The summed E-state index contributed by atoms with van der Waals surface area (Å²) in [6, 6.07) is 0. The third kappa shape index (κ3) is 2.49. The molecule has 0 spiro atoms. The Bertz CT molecular complexity index is 281. The van der Waals surface area contributed by atoms with Gasteiger partial charge in [0.05, 0.1) is 10.7 Å². The van der Waals surface area contributed by atoms with Gasteiger partial charge in [0.25, 0.3) is 0 Å². The highest BCUT2D eigenvalue weighted by Gasteiger charge is 2.18. The largest absolute Gasteiger partial charge is 0.396 e. The lowest BCUT2D eigenvalue weighted by Crippen LogP contribution is -2.02. The van der Waals surface area contributed by atoms with Gasteiger partial charge >= 0.3 is 0 Å². The molecular weight excluding hydrogens is 214 g/mol. The molecule has 1 atom stereocenters. The van der Waals surface area contributed by atoms with Crippen LogP contribution in [0.3, 0.4) is 0 Å². The lowest BCUT2D eigenvalue weighted by atomic mass is 10.1. The monoisotopic (exact) mass is 229 g/mol. The molecule has 2 heterocycles. The van der Waals surface area contributed by atoms with Crippen molar-refractivity contribution >= 4 is 23.1 Å². The maximum atomic E-state index is 8.80. The van der Waals surface area contributed by atoms with E-state index in [-0.39, 0.29) is 6.61 Å². The Morgan fingerprint density at radius 1 is 1.50 bits per heavy atom. The van der Waals surface area contributed by atoms with Gasteiger partial charge < -0.3 is 5.11 Å². The Morgan fingerprint density at radius 3 is 3.14 bits per heavy atom. The Hall–Kier alpha value is -0.0600. The minimum atomic E-state index is 0.213. The quantitative estimate of drug-likeness (QED) is 0.865. The van der Waals surface area contributed by atoms with Gasteiger partial charge in [0.2, 0.25) is 0 Å². The van der Waals surface area contributed by atoms with E-state index in [4.69, 9.17) is 5.11 Å².